The highest BCUT2D eigenvalue weighted by atomic mass is 35.5. The van der Waals surface area contributed by atoms with Crippen molar-refractivity contribution in [1.29, 1.82) is 0 Å². The molecule has 8 heteroatoms. The molecule has 0 aliphatic rings. The molecule has 1 aromatic carbocycles. The van der Waals surface area contributed by atoms with E-state index in [1.165, 1.54) is 23.1 Å². The van der Waals surface area contributed by atoms with Crippen molar-refractivity contribution in [3.8, 4) is 0 Å². The minimum Gasteiger partial charge on any atom is -0.360 e. The normalized spacial score (nSPS) is 10.5. The van der Waals surface area contributed by atoms with E-state index in [9.17, 15) is 4.79 Å². The van der Waals surface area contributed by atoms with Gasteiger partial charge >= 0.3 is 0 Å². The third-order valence-electron chi connectivity index (χ3n) is 2.91. The third kappa shape index (κ3) is 6.76. The number of nitrogens with one attached hydrogen (secondary N) is 2. The molecule has 0 fully saturated rings. The van der Waals surface area contributed by atoms with E-state index in [0.29, 0.717) is 12.3 Å². The molecular weight excluding hydrogens is 352 g/mol. The maximum absolute atomic E-state index is 11.8. The molecule has 0 saturated heterocycles. The van der Waals surface area contributed by atoms with Gasteiger partial charge in [0.25, 0.3) is 0 Å². The van der Waals surface area contributed by atoms with Crippen LogP contribution in [0.3, 0.4) is 0 Å². The molecule has 5 nitrogen and oxygen atoms in total. The van der Waals surface area contributed by atoms with Crippen LogP contribution in [0.4, 0.5) is 5.13 Å². The maximum Gasteiger partial charge on any atom is 0.230 e. The standard InChI is InChI=1S/C15H19ClN4OS2/c1-2-8-18-14-19-20-15(23-14)22-10-13(21)17-9-7-11-3-5-12(16)6-4-11/h3-6H,2,7-10H2,1H3,(H,17,21)(H,18,19). The summed E-state index contributed by atoms with van der Waals surface area (Å²) in [6.45, 7) is 3.59. The highest BCUT2D eigenvalue weighted by Crippen LogP contribution is 2.25. The summed E-state index contributed by atoms with van der Waals surface area (Å²) < 4.78 is 0.802. The van der Waals surface area contributed by atoms with E-state index in [-0.39, 0.29) is 5.91 Å². The van der Waals surface area contributed by atoms with Crippen LogP contribution in [0.5, 0.6) is 0 Å². The summed E-state index contributed by atoms with van der Waals surface area (Å²) in [6.07, 6.45) is 1.83. The topological polar surface area (TPSA) is 66.9 Å². The zero-order valence-corrected chi connectivity index (χ0v) is 15.2. The molecule has 2 N–H and O–H groups in total. The van der Waals surface area contributed by atoms with Gasteiger partial charge in [-0.2, -0.15) is 0 Å². The van der Waals surface area contributed by atoms with Crippen molar-refractivity contribution >= 4 is 45.7 Å². The molecule has 1 amide bonds. The highest BCUT2D eigenvalue weighted by molar-refractivity contribution is 8.01. The monoisotopic (exact) mass is 370 g/mol. The number of hydrogen-bond acceptors (Lipinski definition) is 6. The van der Waals surface area contributed by atoms with Crippen molar-refractivity contribution in [2.75, 3.05) is 24.2 Å². The summed E-state index contributed by atoms with van der Waals surface area (Å²) >= 11 is 8.72. The van der Waals surface area contributed by atoms with Gasteiger partial charge in [0.1, 0.15) is 0 Å². The Balaban J connectivity index is 1.64. The fourth-order valence-electron chi connectivity index (χ4n) is 1.75. The first kappa shape index (κ1) is 18.0. The Kier molecular flexibility index (Phi) is 7.64. The first-order chi connectivity index (χ1) is 11.2. The number of rotatable bonds is 9. The van der Waals surface area contributed by atoms with Crippen LogP contribution >= 0.6 is 34.7 Å². The first-order valence-electron chi connectivity index (χ1n) is 7.38. The van der Waals surface area contributed by atoms with Crippen molar-refractivity contribution < 1.29 is 4.79 Å². The minimum absolute atomic E-state index is 0.00207. The quantitative estimate of drug-likeness (QED) is 0.661. The molecule has 0 atom stereocenters. The van der Waals surface area contributed by atoms with E-state index < -0.39 is 0 Å². The average molecular weight is 371 g/mol. The summed E-state index contributed by atoms with van der Waals surface area (Å²) in [5.74, 6) is 0.352. The summed E-state index contributed by atoms with van der Waals surface area (Å²) in [7, 11) is 0. The zero-order chi connectivity index (χ0) is 16.5. The molecule has 2 aromatic rings. The average Bonchev–Trinajstić information content (AvgIpc) is 3.01. The van der Waals surface area contributed by atoms with Crippen molar-refractivity contribution in [2.45, 2.75) is 24.1 Å². The number of carbonyl (C=O) groups is 1. The van der Waals surface area contributed by atoms with E-state index in [1.54, 1.807) is 0 Å². The van der Waals surface area contributed by atoms with Gasteiger partial charge in [-0.05, 0) is 30.5 Å². The lowest BCUT2D eigenvalue weighted by molar-refractivity contribution is -0.118. The van der Waals surface area contributed by atoms with Gasteiger partial charge in [0.05, 0.1) is 5.75 Å². The minimum atomic E-state index is 0.00207. The predicted molar refractivity (Wildman–Crippen MR) is 97.6 cm³/mol. The van der Waals surface area contributed by atoms with E-state index in [2.05, 4.69) is 27.8 Å². The van der Waals surface area contributed by atoms with Crippen LogP contribution in [0.1, 0.15) is 18.9 Å². The second-order valence-electron chi connectivity index (χ2n) is 4.81. The molecule has 0 unspecified atom stereocenters. The van der Waals surface area contributed by atoms with Gasteiger partial charge in [0, 0.05) is 18.1 Å². The van der Waals surface area contributed by atoms with Gasteiger partial charge in [0.15, 0.2) is 4.34 Å². The van der Waals surface area contributed by atoms with Gasteiger partial charge in [0.2, 0.25) is 11.0 Å². The molecule has 0 saturated carbocycles. The third-order valence-corrected chi connectivity index (χ3v) is 5.17. The van der Waals surface area contributed by atoms with Gasteiger partial charge in [-0.1, -0.05) is 53.8 Å². The molecule has 0 aliphatic heterocycles. The van der Waals surface area contributed by atoms with E-state index in [1.807, 2.05) is 24.3 Å². The second-order valence-corrected chi connectivity index (χ2v) is 7.45. The summed E-state index contributed by atoms with van der Waals surface area (Å²) in [6, 6.07) is 7.65. The number of anilines is 1. The Labute approximate surface area is 149 Å². The SMILES string of the molecule is CCCNc1nnc(SCC(=O)NCCc2ccc(Cl)cc2)s1. The fourth-order valence-corrected chi connectivity index (χ4v) is 3.48. The Bertz CT molecular complexity index is 618. The van der Waals surface area contributed by atoms with Gasteiger partial charge in [-0.25, -0.2) is 0 Å². The number of aromatic nitrogens is 2. The van der Waals surface area contributed by atoms with Crippen LogP contribution in [-0.4, -0.2) is 34.9 Å². The fraction of sp³-hybridized carbons (Fsp3) is 0.400. The van der Waals surface area contributed by atoms with Crippen LogP contribution in [0.15, 0.2) is 28.6 Å². The highest BCUT2D eigenvalue weighted by Gasteiger charge is 2.07. The molecule has 0 radical (unpaired) electrons. The second kappa shape index (κ2) is 9.75. The van der Waals surface area contributed by atoms with E-state index >= 15 is 0 Å². The number of carbonyl (C=O) groups excluding carboxylic acids is 1. The van der Waals surface area contributed by atoms with Gasteiger partial charge in [-0.3, -0.25) is 4.79 Å². The number of halogens is 1. The summed E-state index contributed by atoms with van der Waals surface area (Å²) in [5, 5.41) is 15.7. The van der Waals surface area contributed by atoms with Crippen LogP contribution in [0, 0.1) is 0 Å². The van der Waals surface area contributed by atoms with Crippen molar-refractivity contribution in [3.05, 3.63) is 34.9 Å². The van der Waals surface area contributed by atoms with Crippen molar-refractivity contribution in [3.63, 3.8) is 0 Å². The molecule has 0 spiro atoms. The zero-order valence-electron chi connectivity index (χ0n) is 12.8. The van der Waals surface area contributed by atoms with Gasteiger partial charge < -0.3 is 10.6 Å². The van der Waals surface area contributed by atoms with Crippen LogP contribution in [0.25, 0.3) is 0 Å². The van der Waals surface area contributed by atoms with E-state index in [0.717, 1.165) is 39.4 Å². The van der Waals surface area contributed by atoms with Crippen LogP contribution < -0.4 is 10.6 Å². The lowest BCUT2D eigenvalue weighted by Crippen LogP contribution is -2.27. The molecule has 1 heterocycles. The van der Waals surface area contributed by atoms with Crippen molar-refractivity contribution in [1.82, 2.24) is 15.5 Å². The number of hydrogen-bond donors (Lipinski definition) is 2. The summed E-state index contributed by atoms with van der Waals surface area (Å²) in [4.78, 5) is 11.8. The Morgan fingerprint density at radius 1 is 1.26 bits per heavy atom. The predicted octanol–water partition coefficient (Wildman–Crippen LogP) is 3.46. The van der Waals surface area contributed by atoms with Crippen LogP contribution in [-0.2, 0) is 11.2 Å². The Morgan fingerprint density at radius 3 is 2.78 bits per heavy atom. The number of benzene rings is 1. The Morgan fingerprint density at radius 2 is 2.04 bits per heavy atom. The molecule has 23 heavy (non-hydrogen) atoms. The van der Waals surface area contributed by atoms with Gasteiger partial charge in [-0.15, -0.1) is 10.2 Å². The van der Waals surface area contributed by atoms with Crippen molar-refractivity contribution in [2.24, 2.45) is 0 Å². The molecule has 1 aromatic heterocycles. The molecular formula is C15H19ClN4OS2. The first-order valence-corrected chi connectivity index (χ1v) is 9.56. The number of thioether (sulfide) groups is 1. The lowest BCUT2D eigenvalue weighted by Gasteiger charge is -2.04. The summed E-state index contributed by atoms with van der Waals surface area (Å²) in [5.41, 5.74) is 1.15. The molecule has 0 aliphatic carbocycles. The molecule has 2 rings (SSSR count). The molecule has 0 bridgehead atoms. The number of nitrogens with zero attached hydrogens (tertiary/aromatic N) is 2. The number of amides is 1. The van der Waals surface area contributed by atoms with Crippen LogP contribution in [0.2, 0.25) is 5.02 Å². The smallest absolute Gasteiger partial charge is 0.230 e. The largest absolute Gasteiger partial charge is 0.360 e. The molecule has 124 valence electrons. The maximum atomic E-state index is 11.8. The van der Waals surface area contributed by atoms with E-state index in [4.69, 9.17) is 11.6 Å². The lowest BCUT2D eigenvalue weighted by atomic mass is 10.1. The Hall–Kier alpha value is -1.31.